The molecule has 1 aromatic heterocycles. The summed E-state index contributed by atoms with van der Waals surface area (Å²) in [6.07, 6.45) is 0. The number of methoxy groups -OCH3 is 1. The Balaban J connectivity index is 2.62. The number of carboxylic acid groups (broad SMARTS) is 1. The lowest BCUT2D eigenvalue weighted by molar-refractivity contribution is 0.0665. The Kier molecular flexibility index (Phi) is 3.18. The van der Waals surface area contributed by atoms with Crippen LogP contribution in [0.2, 0.25) is 0 Å². The van der Waals surface area contributed by atoms with E-state index in [0.29, 0.717) is 11.3 Å². The Morgan fingerprint density at radius 1 is 1.44 bits per heavy atom. The van der Waals surface area contributed by atoms with Crippen molar-refractivity contribution < 1.29 is 19.1 Å². The zero-order valence-corrected chi connectivity index (χ0v) is 9.93. The molecule has 2 N–H and O–H groups in total. The second kappa shape index (κ2) is 4.79. The van der Waals surface area contributed by atoms with E-state index in [0.717, 1.165) is 0 Å². The fourth-order valence-corrected chi connectivity index (χ4v) is 1.59. The van der Waals surface area contributed by atoms with Crippen LogP contribution >= 0.6 is 0 Å². The molecule has 0 aliphatic rings. The van der Waals surface area contributed by atoms with E-state index in [-0.39, 0.29) is 17.5 Å². The van der Waals surface area contributed by atoms with Crippen molar-refractivity contribution >= 4 is 12.0 Å². The smallest absolute Gasteiger partial charge is 0.374 e. The Morgan fingerprint density at radius 3 is 2.78 bits per heavy atom. The quantitative estimate of drug-likeness (QED) is 0.861. The molecule has 18 heavy (non-hydrogen) atoms. The molecule has 0 spiro atoms. The topological polar surface area (TPSA) is 84.6 Å². The molecule has 0 saturated heterocycles. The minimum atomic E-state index is -1.18. The Morgan fingerprint density at radius 2 is 2.17 bits per heavy atom. The van der Waals surface area contributed by atoms with Crippen molar-refractivity contribution in [2.45, 2.75) is 0 Å². The minimum Gasteiger partial charge on any atom is -0.496 e. The number of aromatic nitrogens is 1. The van der Waals surface area contributed by atoms with Gasteiger partial charge in [-0.15, -0.1) is 0 Å². The lowest BCUT2D eigenvalue weighted by atomic mass is 10.1. The summed E-state index contributed by atoms with van der Waals surface area (Å²) in [6.45, 7) is 0. The monoisotopic (exact) mass is 248 g/mol. The van der Waals surface area contributed by atoms with Crippen molar-refractivity contribution in [1.82, 2.24) is 4.98 Å². The van der Waals surface area contributed by atoms with Crippen molar-refractivity contribution in [1.29, 1.82) is 0 Å². The number of ether oxygens (including phenoxy) is 1. The van der Waals surface area contributed by atoms with Gasteiger partial charge in [0.05, 0.1) is 7.11 Å². The van der Waals surface area contributed by atoms with Crippen molar-refractivity contribution in [2.24, 2.45) is 0 Å². The first-order valence-corrected chi connectivity index (χ1v) is 5.22. The van der Waals surface area contributed by atoms with E-state index in [1.807, 2.05) is 0 Å². The number of rotatable bonds is 4. The first kappa shape index (κ1) is 12.0. The highest BCUT2D eigenvalue weighted by molar-refractivity contribution is 5.93. The predicted octanol–water partition coefficient (Wildman–Crippen LogP) is 2.09. The number of anilines is 1. The standard InChI is InChI=1S/C12H12N2O4/c1-13-12-14-9(10(18-12)11(15)16)7-5-3-4-6-8(7)17-2/h3-6H,1-2H3,(H,13,14)(H,15,16). The molecule has 0 bridgehead atoms. The highest BCUT2D eigenvalue weighted by Crippen LogP contribution is 2.32. The van der Waals surface area contributed by atoms with Gasteiger partial charge in [-0.1, -0.05) is 12.1 Å². The van der Waals surface area contributed by atoms with Crippen molar-refractivity contribution in [3.8, 4) is 17.0 Å². The van der Waals surface area contributed by atoms with E-state index in [9.17, 15) is 4.79 Å². The van der Waals surface area contributed by atoms with Gasteiger partial charge < -0.3 is 19.6 Å². The van der Waals surface area contributed by atoms with Crippen molar-refractivity contribution in [3.05, 3.63) is 30.0 Å². The van der Waals surface area contributed by atoms with E-state index in [4.69, 9.17) is 14.3 Å². The van der Waals surface area contributed by atoms with E-state index in [1.54, 1.807) is 31.3 Å². The van der Waals surface area contributed by atoms with Gasteiger partial charge in [-0.25, -0.2) is 4.79 Å². The lowest BCUT2D eigenvalue weighted by Gasteiger charge is -2.05. The van der Waals surface area contributed by atoms with E-state index < -0.39 is 5.97 Å². The van der Waals surface area contributed by atoms with E-state index >= 15 is 0 Å². The number of para-hydroxylation sites is 1. The molecule has 1 heterocycles. The summed E-state index contributed by atoms with van der Waals surface area (Å²) in [5.41, 5.74) is 0.812. The molecule has 0 aliphatic heterocycles. The van der Waals surface area contributed by atoms with Gasteiger partial charge in [0.1, 0.15) is 11.4 Å². The zero-order valence-electron chi connectivity index (χ0n) is 9.93. The summed E-state index contributed by atoms with van der Waals surface area (Å²) in [6, 6.07) is 7.17. The molecule has 1 aromatic carbocycles. The van der Waals surface area contributed by atoms with Gasteiger partial charge in [0, 0.05) is 12.6 Å². The molecule has 0 unspecified atom stereocenters. The maximum atomic E-state index is 11.1. The SMILES string of the molecule is CNc1nc(-c2ccccc2OC)c(C(=O)O)o1. The molecule has 0 atom stereocenters. The van der Waals surface area contributed by atoms with Crippen LogP contribution in [0.25, 0.3) is 11.3 Å². The van der Waals surface area contributed by atoms with Gasteiger partial charge in [-0.2, -0.15) is 4.98 Å². The van der Waals surface area contributed by atoms with Crippen LogP contribution in [0.1, 0.15) is 10.6 Å². The Labute approximate surface area is 103 Å². The summed E-state index contributed by atoms with van der Waals surface area (Å²) in [4.78, 5) is 15.2. The average Bonchev–Trinajstić information content (AvgIpc) is 2.83. The number of nitrogens with one attached hydrogen (secondary N) is 1. The number of hydrogen-bond acceptors (Lipinski definition) is 5. The fraction of sp³-hybridized carbons (Fsp3) is 0.167. The second-order valence-electron chi connectivity index (χ2n) is 3.45. The van der Waals surface area contributed by atoms with E-state index in [1.165, 1.54) is 7.11 Å². The predicted molar refractivity (Wildman–Crippen MR) is 65.0 cm³/mol. The molecule has 2 aromatic rings. The van der Waals surface area contributed by atoms with Crippen LogP contribution in [0.5, 0.6) is 5.75 Å². The first-order valence-electron chi connectivity index (χ1n) is 5.22. The van der Waals surface area contributed by atoms with Gasteiger partial charge >= 0.3 is 5.97 Å². The molecule has 2 rings (SSSR count). The molecular weight excluding hydrogens is 236 g/mol. The number of hydrogen-bond donors (Lipinski definition) is 2. The lowest BCUT2D eigenvalue weighted by Crippen LogP contribution is -1.97. The summed E-state index contributed by atoms with van der Waals surface area (Å²) < 4.78 is 10.3. The highest BCUT2D eigenvalue weighted by atomic mass is 16.5. The zero-order chi connectivity index (χ0) is 13.1. The third-order valence-corrected chi connectivity index (χ3v) is 2.40. The maximum absolute atomic E-state index is 11.1. The Hall–Kier alpha value is -2.50. The van der Waals surface area contributed by atoms with Gasteiger partial charge in [0.15, 0.2) is 0 Å². The van der Waals surface area contributed by atoms with Crippen LogP contribution in [0.3, 0.4) is 0 Å². The minimum absolute atomic E-state index is 0.147. The van der Waals surface area contributed by atoms with Crippen LogP contribution in [0.15, 0.2) is 28.7 Å². The van der Waals surface area contributed by atoms with Gasteiger partial charge in [-0.05, 0) is 12.1 Å². The summed E-state index contributed by atoms with van der Waals surface area (Å²) in [7, 11) is 3.11. The second-order valence-corrected chi connectivity index (χ2v) is 3.45. The Bertz CT molecular complexity index is 577. The van der Waals surface area contributed by atoms with Gasteiger partial charge in [0.2, 0.25) is 5.76 Å². The molecule has 94 valence electrons. The third kappa shape index (κ3) is 2.00. The highest BCUT2D eigenvalue weighted by Gasteiger charge is 2.22. The normalized spacial score (nSPS) is 10.1. The number of carbonyl (C=O) groups is 1. The molecular formula is C12H12N2O4. The summed E-state index contributed by atoms with van der Waals surface area (Å²) in [5, 5.41) is 11.8. The third-order valence-electron chi connectivity index (χ3n) is 2.40. The number of aromatic carboxylic acids is 1. The molecule has 0 fully saturated rings. The van der Waals surface area contributed by atoms with Crippen LogP contribution in [-0.2, 0) is 0 Å². The largest absolute Gasteiger partial charge is 0.496 e. The van der Waals surface area contributed by atoms with Crippen molar-refractivity contribution in [2.75, 3.05) is 19.5 Å². The maximum Gasteiger partial charge on any atom is 0.374 e. The number of nitrogens with zero attached hydrogens (tertiary/aromatic N) is 1. The van der Waals surface area contributed by atoms with Crippen LogP contribution in [0.4, 0.5) is 6.01 Å². The molecule has 6 heteroatoms. The summed E-state index contributed by atoms with van der Waals surface area (Å²) >= 11 is 0. The first-order chi connectivity index (χ1) is 8.67. The molecule has 6 nitrogen and oxygen atoms in total. The molecule has 0 radical (unpaired) electrons. The molecule has 0 amide bonds. The van der Waals surface area contributed by atoms with Crippen LogP contribution < -0.4 is 10.1 Å². The van der Waals surface area contributed by atoms with Gasteiger partial charge in [0.25, 0.3) is 6.01 Å². The van der Waals surface area contributed by atoms with Crippen LogP contribution in [0, 0.1) is 0 Å². The van der Waals surface area contributed by atoms with Gasteiger partial charge in [-0.3, -0.25) is 0 Å². The van der Waals surface area contributed by atoms with Crippen LogP contribution in [-0.4, -0.2) is 30.2 Å². The number of carboxylic acids is 1. The van der Waals surface area contributed by atoms with E-state index in [2.05, 4.69) is 10.3 Å². The molecule has 0 aliphatic carbocycles. The van der Waals surface area contributed by atoms with Crippen molar-refractivity contribution in [3.63, 3.8) is 0 Å². The number of oxazole rings is 1. The summed E-state index contributed by atoms with van der Waals surface area (Å²) in [5.74, 6) is -0.857. The average molecular weight is 248 g/mol. The molecule has 0 saturated carbocycles. The number of benzene rings is 1. The fourth-order valence-electron chi connectivity index (χ4n) is 1.59.